The van der Waals surface area contributed by atoms with Crippen molar-refractivity contribution in [3.63, 3.8) is 0 Å². The smallest absolute Gasteiger partial charge is 0.0519 e. The zero-order chi connectivity index (χ0) is 8.32. The molecule has 1 saturated heterocycles. The third-order valence-electron chi connectivity index (χ3n) is 2.71. The summed E-state index contributed by atoms with van der Waals surface area (Å²) in [5.41, 5.74) is 5.88. The van der Waals surface area contributed by atoms with E-state index < -0.39 is 0 Å². The summed E-state index contributed by atoms with van der Waals surface area (Å²) in [7, 11) is 0. The molecule has 11 heavy (non-hydrogen) atoms. The molecular formula is C9H19NO. The molecule has 1 atom stereocenters. The van der Waals surface area contributed by atoms with Gasteiger partial charge in [-0.1, -0.05) is 13.8 Å². The van der Waals surface area contributed by atoms with Gasteiger partial charge in [-0.2, -0.15) is 0 Å². The van der Waals surface area contributed by atoms with Crippen LogP contribution < -0.4 is 5.73 Å². The molecular weight excluding hydrogens is 138 g/mol. The average Bonchev–Trinajstić information content (AvgIpc) is 1.94. The first-order valence-corrected chi connectivity index (χ1v) is 4.44. The molecule has 0 aromatic heterocycles. The van der Waals surface area contributed by atoms with E-state index in [1.807, 2.05) is 0 Å². The van der Waals surface area contributed by atoms with Crippen LogP contribution in [0.4, 0.5) is 0 Å². The van der Waals surface area contributed by atoms with Gasteiger partial charge >= 0.3 is 0 Å². The number of hydrogen-bond acceptors (Lipinski definition) is 2. The van der Waals surface area contributed by atoms with Crippen molar-refractivity contribution in [3.8, 4) is 0 Å². The predicted molar refractivity (Wildman–Crippen MR) is 46.4 cm³/mol. The van der Waals surface area contributed by atoms with Gasteiger partial charge in [-0.3, -0.25) is 0 Å². The first kappa shape index (κ1) is 9.01. The molecule has 0 radical (unpaired) electrons. The summed E-state index contributed by atoms with van der Waals surface area (Å²) in [4.78, 5) is 0. The Hall–Kier alpha value is -0.0800. The molecule has 2 heteroatoms. The van der Waals surface area contributed by atoms with E-state index in [0.717, 1.165) is 32.1 Å². The van der Waals surface area contributed by atoms with Crippen molar-refractivity contribution in [2.75, 3.05) is 19.8 Å². The Morgan fingerprint density at radius 3 is 2.82 bits per heavy atom. The van der Waals surface area contributed by atoms with Crippen LogP contribution in [-0.2, 0) is 4.74 Å². The Morgan fingerprint density at radius 2 is 2.27 bits per heavy atom. The van der Waals surface area contributed by atoms with Crippen LogP contribution in [0.2, 0.25) is 0 Å². The second-order valence-corrected chi connectivity index (χ2v) is 4.10. The van der Waals surface area contributed by atoms with Crippen LogP contribution in [0.25, 0.3) is 0 Å². The minimum Gasteiger partial charge on any atom is -0.381 e. The van der Waals surface area contributed by atoms with Gasteiger partial charge in [-0.25, -0.2) is 0 Å². The van der Waals surface area contributed by atoms with Gasteiger partial charge in [0.05, 0.1) is 6.61 Å². The second kappa shape index (κ2) is 3.55. The lowest BCUT2D eigenvalue weighted by atomic mass is 9.74. The van der Waals surface area contributed by atoms with Crippen molar-refractivity contribution in [2.45, 2.75) is 26.7 Å². The Balaban J connectivity index is 2.45. The minimum absolute atomic E-state index is 0.345. The molecule has 2 nitrogen and oxygen atoms in total. The maximum Gasteiger partial charge on any atom is 0.0519 e. The van der Waals surface area contributed by atoms with Gasteiger partial charge in [-0.05, 0) is 30.7 Å². The third-order valence-corrected chi connectivity index (χ3v) is 2.71. The van der Waals surface area contributed by atoms with Crippen LogP contribution >= 0.6 is 0 Å². The third kappa shape index (κ3) is 2.17. The van der Waals surface area contributed by atoms with E-state index >= 15 is 0 Å². The van der Waals surface area contributed by atoms with E-state index in [9.17, 15) is 0 Å². The normalized spacial score (nSPS) is 30.3. The zero-order valence-electron chi connectivity index (χ0n) is 7.60. The molecule has 1 fully saturated rings. The molecule has 1 heterocycles. The lowest BCUT2D eigenvalue weighted by Gasteiger charge is -2.38. The summed E-state index contributed by atoms with van der Waals surface area (Å²) < 4.78 is 5.42. The van der Waals surface area contributed by atoms with Crippen molar-refractivity contribution in [3.05, 3.63) is 0 Å². The maximum atomic E-state index is 5.54. The molecule has 0 aromatic rings. The molecule has 0 saturated carbocycles. The van der Waals surface area contributed by atoms with Crippen molar-refractivity contribution in [2.24, 2.45) is 17.1 Å². The quantitative estimate of drug-likeness (QED) is 0.657. The molecule has 0 aromatic carbocycles. The van der Waals surface area contributed by atoms with Gasteiger partial charge in [0.15, 0.2) is 0 Å². The monoisotopic (exact) mass is 157 g/mol. The second-order valence-electron chi connectivity index (χ2n) is 4.10. The van der Waals surface area contributed by atoms with Crippen molar-refractivity contribution in [1.82, 2.24) is 0 Å². The summed E-state index contributed by atoms with van der Waals surface area (Å²) in [6.45, 7) is 7.18. The maximum absolute atomic E-state index is 5.54. The highest BCUT2D eigenvalue weighted by Gasteiger charge is 2.31. The molecule has 0 amide bonds. The Labute approximate surface area is 69.1 Å². The zero-order valence-corrected chi connectivity index (χ0v) is 7.60. The molecule has 0 bridgehead atoms. The fraction of sp³-hybridized carbons (Fsp3) is 1.00. The summed E-state index contributed by atoms with van der Waals surface area (Å²) in [6.07, 6.45) is 2.33. The number of nitrogens with two attached hydrogens (primary N) is 1. The van der Waals surface area contributed by atoms with Crippen molar-refractivity contribution in [1.29, 1.82) is 0 Å². The topological polar surface area (TPSA) is 35.2 Å². The molecule has 1 rings (SSSR count). The summed E-state index contributed by atoms with van der Waals surface area (Å²) in [6, 6.07) is 0. The molecule has 0 spiro atoms. The molecule has 1 unspecified atom stereocenters. The highest BCUT2D eigenvalue weighted by atomic mass is 16.5. The van der Waals surface area contributed by atoms with Crippen LogP contribution in [0, 0.1) is 11.3 Å². The Morgan fingerprint density at radius 1 is 1.55 bits per heavy atom. The summed E-state index contributed by atoms with van der Waals surface area (Å²) in [5.74, 6) is 0.765. The van der Waals surface area contributed by atoms with E-state index in [1.165, 1.54) is 6.42 Å². The lowest BCUT2D eigenvalue weighted by molar-refractivity contribution is -0.0332. The SMILES string of the molecule is CC1(C)COCCC1CCN. The Bertz CT molecular complexity index is 121. The molecule has 2 N–H and O–H groups in total. The fourth-order valence-corrected chi connectivity index (χ4v) is 1.81. The van der Waals surface area contributed by atoms with Crippen LogP contribution in [0.5, 0.6) is 0 Å². The van der Waals surface area contributed by atoms with Gasteiger partial charge in [0.25, 0.3) is 0 Å². The van der Waals surface area contributed by atoms with Gasteiger partial charge in [0, 0.05) is 6.61 Å². The summed E-state index contributed by atoms with van der Waals surface area (Å²) in [5, 5.41) is 0. The predicted octanol–water partition coefficient (Wildman–Crippen LogP) is 1.40. The molecule has 1 aliphatic heterocycles. The highest BCUT2D eigenvalue weighted by Crippen LogP contribution is 2.35. The fourth-order valence-electron chi connectivity index (χ4n) is 1.81. The van der Waals surface area contributed by atoms with E-state index in [0.29, 0.717) is 5.41 Å². The van der Waals surface area contributed by atoms with Gasteiger partial charge < -0.3 is 10.5 Å². The van der Waals surface area contributed by atoms with E-state index in [1.54, 1.807) is 0 Å². The molecule has 0 aliphatic carbocycles. The van der Waals surface area contributed by atoms with Crippen molar-refractivity contribution < 1.29 is 4.74 Å². The van der Waals surface area contributed by atoms with E-state index in [2.05, 4.69) is 13.8 Å². The standard InChI is InChI=1S/C9H19NO/c1-9(2)7-11-6-4-8(9)3-5-10/h8H,3-7,10H2,1-2H3. The lowest BCUT2D eigenvalue weighted by Crippen LogP contribution is -2.36. The average molecular weight is 157 g/mol. The van der Waals surface area contributed by atoms with Crippen molar-refractivity contribution >= 4 is 0 Å². The van der Waals surface area contributed by atoms with E-state index in [-0.39, 0.29) is 0 Å². The van der Waals surface area contributed by atoms with Gasteiger partial charge in [0.1, 0.15) is 0 Å². The van der Waals surface area contributed by atoms with Crippen LogP contribution in [0.1, 0.15) is 26.7 Å². The Kier molecular flexibility index (Phi) is 2.90. The van der Waals surface area contributed by atoms with Crippen LogP contribution in [-0.4, -0.2) is 19.8 Å². The summed E-state index contributed by atoms with van der Waals surface area (Å²) >= 11 is 0. The van der Waals surface area contributed by atoms with Gasteiger partial charge in [-0.15, -0.1) is 0 Å². The van der Waals surface area contributed by atoms with E-state index in [4.69, 9.17) is 10.5 Å². The first-order valence-electron chi connectivity index (χ1n) is 4.44. The van der Waals surface area contributed by atoms with Gasteiger partial charge in [0.2, 0.25) is 0 Å². The largest absolute Gasteiger partial charge is 0.381 e. The van der Waals surface area contributed by atoms with Crippen LogP contribution in [0.15, 0.2) is 0 Å². The number of rotatable bonds is 2. The molecule has 1 aliphatic rings. The minimum atomic E-state index is 0.345. The van der Waals surface area contributed by atoms with Crippen LogP contribution in [0.3, 0.4) is 0 Å². The highest BCUT2D eigenvalue weighted by molar-refractivity contribution is 4.81. The first-order chi connectivity index (χ1) is 5.17. The molecule has 66 valence electrons. The number of ether oxygens (including phenoxy) is 1. The number of hydrogen-bond donors (Lipinski definition) is 1.